The number of nitrogens with one attached hydrogen (secondary N) is 2. The van der Waals surface area contributed by atoms with Crippen molar-refractivity contribution < 1.29 is 9.59 Å². The van der Waals surface area contributed by atoms with Gasteiger partial charge in [0.2, 0.25) is 11.8 Å². The molecule has 2 N–H and O–H groups in total. The van der Waals surface area contributed by atoms with Crippen LogP contribution in [0.5, 0.6) is 0 Å². The van der Waals surface area contributed by atoms with E-state index in [0.29, 0.717) is 19.5 Å². The van der Waals surface area contributed by atoms with Gasteiger partial charge in [0.15, 0.2) is 0 Å². The summed E-state index contributed by atoms with van der Waals surface area (Å²) in [6, 6.07) is 18.7. The van der Waals surface area contributed by atoms with Crippen molar-refractivity contribution in [3.63, 3.8) is 0 Å². The third-order valence-corrected chi connectivity index (χ3v) is 6.89. The van der Waals surface area contributed by atoms with Crippen LogP contribution in [0.1, 0.15) is 36.0 Å². The van der Waals surface area contributed by atoms with Gasteiger partial charge in [0.1, 0.15) is 6.04 Å². The van der Waals surface area contributed by atoms with Gasteiger partial charge < -0.3 is 10.6 Å². The summed E-state index contributed by atoms with van der Waals surface area (Å²) in [4.78, 5) is 30.0. The molecule has 0 spiro atoms. The number of likely N-dealkylation sites (N-methyl/N-ethyl adjacent to an activating group) is 1. The predicted molar refractivity (Wildman–Crippen MR) is 126 cm³/mol. The van der Waals surface area contributed by atoms with Gasteiger partial charge in [0.05, 0.1) is 0 Å². The highest BCUT2D eigenvalue weighted by Gasteiger charge is 2.44. The van der Waals surface area contributed by atoms with E-state index >= 15 is 0 Å². The molecule has 0 radical (unpaired) electrons. The Hall–Kier alpha value is -2.70. The number of amides is 2. The first-order chi connectivity index (χ1) is 15.5. The molecule has 0 aliphatic carbocycles. The van der Waals surface area contributed by atoms with Crippen LogP contribution in [0.2, 0.25) is 0 Å². The lowest BCUT2D eigenvalue weighted by molar-refractivity contribution is -0.126. The van der Waals surface area contributed by atoms with Gasteiger partial charge in [-0.05, 0) is 37.9 Å². The van der Waals surface area contributed by atoms with Crippen LogP contribution in [0, 0.1) is 6.92 Å². The second kappa shape index (κ2) is 10.3. The first-order valence-electron chi connectivity index (χ1n) is 11.6. The SMILES string of the molecule is Cc1ccc(CN2CCC3C2C(=O)NCC(CCC(=O)NCc2ccccc2)N3C)cc1. The van der Waals surface area contributed by atoms with Gasteiger partial charge in [-0.2, -0.15) is 0 Å². The number of aryl methyl sites for hydroxylation is 1. The lowest BCUT2D eigenvalue weighted by atomic mass is 10.0. The fourth-order valence-corrected chi connectivity index (χ4v) is 4.94. The van der Waals surface area contributed by atoms with Crippen molar-refractivity contribution in [3.8, 4) is 0 Å². The van der Waals surface area contributed by atoms with E-state index < -0.39 is 0 Å². The van der Waals surface area contributed by atoms with Crippen molar-refractivity contribution >= 4 is 11.8 Å². The number of hydrogen-bond acceptors (Lipinski definition) is 4. The van der Waals surface area contributed by atoms with Crippen LogP contribution < -0.4 is 10.6 Å². The minimum atomic E-state index is -0.141. The molecule has 2 aliphatic heterocycles. The van der Waals surface area contributed by atoms with Gasteiger partial charge in [-0.1, -0.05) is 60.2 Å². The standard InChI is InChI=1S/C26H34N4O2/c1-19-8-10-21(11-9-19)18-30-15-14-23-25(30)26(32)28-17-22(29(23)2)12-13-24(31)27-16-20-6-4-3-5-7-20/h3-11,22-23,25H,12-18H2,1-2H3,(H,27,31)(H,28,32). The number of rotatable bonds is 7. The zero-order chi connectivity index (χ0) is 22.5. The van der Waals surface area contributed by atoms with E-state index in [1.54, 1.807) is 0 Å². The van der Waals surface area contributed by atoms with Crippen LogP contribution in [0.25, 0.3) is 0 Å². The molecular weight excluding hydrogens is 400 g/mol. The Balaban J connectivity index is 1.32. The average Bonchev–Trinajstić information content (AvgIpc) is 3.18. The smallest absolute Gasteiger partial charge is 0.239 e. The molecule has 3 atom stereocenters. The molecule has 0 aromatic heterocycles. The normalized spacial score (nSPS) is 23.9. The number of nitrogens with zero attached hydrogens (tertiary/aromatic N) is 2. The molecule has 2 saturated heterocycles. The molecule has 170 valence electrons. The molecule has 3 unspecified atom stereocenters. The summed E-state index contributed by atoms with van der Waals surface area (Å²) < 4.78 is 0. The fourth-order valence-electron chi connectivity index (χ4n) is 4.94. The summed E-state index contributed by atoms with van der Waals surface area (Å²) in [5.41, 5.74) is 3.58. The van der Waals surface area contributed by atoms with Gasteiger partial charge in [-0.25, -0.2) is 0 Å². The Morgan fingerprint density at radius 1 is 1.09 bits per heavy atom. The first-order valence-corrected chi connectivity index (χ1v) is 11.6. The molecule has 2 aromatic rings. The van der Waals surface area contributed by atoms with Crippen molar-refractivity contribution in [2.45, 2.75) is 57.4 Å². The van der Waals surface area contributed by atoms with Crippen molar-refractivity contribution in [3.05, 3.63) is 71.3 Å². The second-order valence-electron chi connectivity index (χ2n) is 9.12. The maximum absolute atomic E-state index is 13.0. The number of benzene rings is 2. The molecule has 6 heteroatoms. The van der Waals surface area contributed by atoms with E-state index in [0.717, 1.165) is 31.5 Å². The monoisotopic (exact) mass is 434 g/mol. The lowest BCUT2D eigenvalue weighted by Gasteiger charge is -2.33. The van der Waals surface area contributed by atoms with Crippen LogP contribution in [0.15, 0.2) is 54.6 Å². The Kier molecular flexibility index (Phi) is 7.22. The number of likely N-dealkylation sites (tertiary alicyclic amines) is 1. The number of fused-ring (bicyclic) bond motifs is 1. The Morgan fingerprint density at radius 3 is 2.59 bits per heavy atom. The average molecular weight is 435 g/mol. The molecule has 4 rings (SSSR count). The minimum absolute atomic E-state index is 0.0572. The zero-order valence-electron chi connectivity index (χ0n) is 19.1. The highest BCUT2D eigenvalue weighted by atomic mass is 16.2. The summed E-state index contributed by atoms with van der Waals surface area (Å²) >= 11 is 0. The Morgan fingerprint density at radius 2 is 1.84 bits per heavy atom. The third-order valence-electron chi connectivity index (χ3n) is 6.89. The zero-order valence-corrected chi connectivity index (χ0v) is 19.1. The Bertz CT molecular complexity index is 915. The topological polar surface area (TPSA) is 64.7 Å². The molecule has 0 bridgehead atoms. The van der Waals surface area contributed by atoms with Gasteiger partial charge >= 0.3 is 0 Å². The number of hydrogen-bond donors (Lipinski definition) is 2. The second-order valence-corrected chi connectivity index (χ2v) is 9.12. The van der Waals surface area contributed by atoms with E-state index in [2.05, 4.69) is 58.7 Å². The third kappa shape index (κ3) is 5.37. The minimum Gasteiger partial charge on any atom is -0.353 e. The summed E-state index contributed by atoms with van der Waals surface area (Å²) in [6.45, 7) is 4.92. The van der Waals surface area contributed by atoms with Crippen LogP contribution in [0.4, 0.5) is 0 Å². The molecular formula is C26H34N4O2. The largest absolute Gasteiger partial charge is 0.353 e. The summed E-state index contributed by atoms with van der Waals surface area (Å²) in [7, 11) is 2.11. The number of carbonyl (C=O) groups is 2. The quantitative estimate of drug-likeness (QED) is 0.703. The van der Waals surface area contributed by atoms with Crippen LogP contribution in [0.3, 0.4) is 0 Å². The molecule has 2 fully saturated rings. The molecule has 2 aliphatic rings. The van der Waals surface area contributed by atoms with Crippen molar-refractivity contribution in [2.24, 2.45) is 0 Å². The molecule has 0 saturated carbocycles. The van der Waals surface area contributed by atoms with E-state index in [9.17, 15) is 9.59 Å². The highest BCUT2D eigenvalue weighted by Crippen LogP contribution is 2.28. The van der Waals surface area contributed by atoms with Gasteiger partial charge in [-0.3, -0.25) is 19.4 Å². The summed E-state index contributed by atoms with van der Waals surface area (Å²) in [6.07, 6.45) is 2.16. The van der Waals surface area contributed by atoms with Crippen molar-refractivity contribution in [1.29, 1.82) is 0 Å². The van der Waals surface area contributed by atoms with Crippen LogP contribution in [-0.4, -0.2) is 59.9 Å². The molecule has 2 aromatic carbocycles. The van der Waals surface area contributed by atoms with E-state index in [4.69, 9.17) is 0 Å². The highest BCUT2D eigenvalue weighted by molar-refractivity contribution is 5.83. The molecule has 2 heterocycles. The summed E-state index contributed by atoms with van der Waals surface area (Å²) in [5.74, 6) is 0.171. The van der Waals surface area contributed by atoms with Crippen LogP contribution in [-0.2, 0) is 22.7 Å². The maximum atomic E-state index is 13.0. The molecule has 32 heavy (non-hydrogen) atoms. The maximum Gasteiger partial charge on any atom is 0.239 e. The lowest BCUT2D eigenvalue weighted by Crippen LogP contribution is -2.49. The van der Waals surface area contributed by atoms with Gasteiger partial charge in [0.25, 0.3) is 0 Å². The van der Waals surface area contributed by atoms with E-state index in [-0.39, 0.29) is 29.9 Å². The Labute approximate surface area is 191 Å². The van der Waals surface area contributed by atoms with E-state index in [1.807, 2.05) is 30.3 Å². The van der Waals surface area contributed by atoms with Gasteiger partial charge in [0, 0.05) is 44.7 Å². The van der Waals surface area contributed by atoms with E-state index in [1.165, 1.54) is 11.1 Å². The predicted octanol–water partition coefficient (Wildman–Crippen LogP) is 2.46. The van der Waals surface area contributed by atoms with Crippen molar-refractivity contribution in [2.75, 3.05) is 20.1 Å². The van der Waals surface area contributed by atoms with Crippen molar-refractivity contribution in [1.82, 2.24) is 20.4 Å². The molecule has 2 amide bonds. The van der Waals surface area contributed by atoms with Crippen LogP contribution >= 0.6 is 0 Å². The number of carbonyl (C=O) groups excluding carboxylic acids is 2. The molecule has 6 nitrogen and oxygen atoms in total. The van der Waals surface area contributed by atoms with Gasteiger partial charge in [-0.15, -0.1) is 0 Å². The first kappa shape index (κ1) is 22.5. The summed E-state index contributed by atoms with van der Waals surface area (Å²) in [5, 5.41) is 6.16. The fraction of sp³-hybridized carbons (Fsp3) is 0.462.